The van der Waals surface area contributed by atoms with Crippen molar-refractivity contribution in [2.75, 3.05) is 0 Å². The van der Waals surface area contributed by atoms with Crippen LogP contribution in [0.2, 0.25) is 0 Å². The van der Waals surface area contributed by atoms with Gasteiger partial charge in [-0.3, -0.25) is 23.4 Å². The van der Waals surface area contributed by atoms with Gasteiger partial charge in [0.2, 0.25) is 0 Å². The maximum Gasteiger partial charge on any atom is 0.416 e. The molecule has 0 unspecified atom stereocenters. The van der Waals surface area contributed by atoms with Gasteiger partial charge in [-0.25, -0.2) is 9.97 Å². The minimum atomic E-state index is -4.45. The molecule has 0 spiro atoms. The number of esters is 1. The summed E-state index contributed by atoms with van der Waals surface area (Å²) in [6.45, 7) is 7.36. The number of nitrogens with zero attached hydrogens (tertiary/aromatic N) is 6. The molecular weight excluding hydrogens is 489 g/mol. The quantitative estimate of drug-likeness (QED) is 0.336. The fourth-order valence-electron chi connectivity index (χ4n) is 3.74. The lowest BCUT2D eigenvalue weighted by atomic mass is 9.98. The number of imidazole rings is 1. The normalized spacial score (nSPS) is 12.3. The lowest BCUT2D eigenvalue weighted by molar-refractivity contribution is -0.156. The molecule has 0 fully saturated rings. The fraction of sp³-hybridized carbons (Fsp3) is 0.400. The molecule has 12 heteroatoms. The first-order valence-corrected chi connectivity index (χ1v) is 11.7. The number of rotatable bonds is 7. The number of ether oxygens (including phenoxy) is 1. The van der Waals surface area contributed by atoms with Crippen molar-refractivity contribution in [1.82, 2.24) is 28.9 Å². The summed E-state index contributed by atoms with van der Waals surface area (Å²) in [4.78, 5) is 34.4. The zero-order valence-corrected chi connectivity index (χ0v) is 20.9. The molecule has 0 aliphatic rings. The van der Waals surface area contributed by atoms with E-state index >= 15 is 0 Å². The van der Waals surface area contributed by atoms with E-state index in [0.29, 0.717) is 23.5 Å². The van der Waals surface area contributed by atoms with E-state index in [1.54, 1.807) is 33.0 Å². The zero-order chi connectivity index (χ0) is 27.0. The summed E-state index contributed by atoms with van der Waals surface area (Å²) in [5, 5.41) is 4.27. The highest BCUT2D eigenvalue weighted by Crippen LogP contribution is 2.30. The highest BCUT2D eigenvalue weighted by atomic mass is 19.4. The van der Waals surface area contributed by atoms with E-state index < -0.39 is 23.1 Å². The first kappa shape index (κ1) is 26.1. The van der Waals surface area contributed by atoms with Crippen LogP contribution >= 0.6 is 0 Å². The predicted octanol–water partition coefficient (Wildman–Crippen LogP) is 4.48. The van der Waals surface area contributed by atoms with Crippen molar-refractivity contribution in [2.24, 2.45) is 5.41 Å². The Kier molecular flexibility index (Phi) is 6.94. The molecule has 1 aromatic carbocycles. The maximum atomic E-state index is 13.2. The van der Waals surface area contributed by atoms with Crippen molar-refractivity contribution in [2.45, 2.75) is 60.1 Å². The van der Waals surface area contributed by atoms with Crippen molar-refractivity contribution in [3.05, 3.63) is 64.5 Å². The summed E-state index contributed by atoms with van der Waals surface area (Å²) < 4.78 is 49.2. The van der Waals surface area contributed by atoms with E-state index in [1.807, 2.05) is 6.92 Å². The van der Waals surface area contributed by atoms with Crippen molar-refractivity contribution < 1.29 is 22.7 Å². The van der Waals surface area contributed by atoms with Crippen molar-refractivity contribution >= 4 is 17.1 Å². The number of carbonyl (C=O) groups is 1. The van der Waals surface area contributed by atoms with Crippen LogP contribution in [0.15, 0.2) is 47.8 Å². The fourth-order valence-corrected chi connectivity index (χ4v) is 3.74. The van der Waals surface area contributed by atoms with Crippen molar-refractivity contribution in [1.29, 1.82) is 0 Å². The van der Waals surface area contributed by atoms with Crippen LogP contribution < -0.4 is 5.56 Å². The van der Waals surface area contributed by atoms with E-state index in [4.69, 9.17) is 4.74 Å². The molecule has 0 saturated carbocycles. The minimum Gasteiger partial charge on any atom is -0.443 e. The molecule has 0 atom stereocenters. The van der Waals surface area contributed by atoms with Gasteiger partial charge < -0.3 is 4.74 Å². The lowest BCUT2D eigenvalue weighted by Crippen LogP contribution is -2.26. The highest BCUT2D eigenvalue weighted by Gasteiger charge is 2.30. The number of benzene rings is 1. The van der Waals surface area contributed by atoms with E-state index in [2.05, 4.69) is 15.1 Å². The molecule has 4 aromatic rings. The SMILES string of the molecule is CCCn1cnc2nc(-c3cnn(Cc4cccc(C(F)(F)F)c4)c3)n(COC(=O)C(C)(C)C)c2c1=O. The van der Waals surface area contributed by atoms with Crippen LogP contribution in [0.3, 0.4) is 0 Å². The molecule has 3 heterocycles. The summed E-state index contributed by atoms with van der Waals surface area (Å²) in [5.74, 6) is -0.163. The maximum absolute atomic E-state index is 13.2. The Bertz CT molecular complexity index is 1490. The topological polar surface area (TPSA) is 96.8 Å². The smallest absolute Gasteiger partial charge is 0.416 e. The number of halogens is 3. The molecule has 0 radical (unpaired) electrons. The molecule has 4 rings (SSSR count). The average Bonchev–Trinajstić information content (AvgIpc) is 3.43. The summed E-state index contributed by atoms with van der Waals surface area (Å²) in [6.07, 6.45) is 0.789. The van der Waals surface area contributed by atoms with E-state index in [9.17, 15) is 22.8 Å². The van der Waals surface area contributed by atoms with Crippen LogP contribution in [-0.2, 0) is 35.5 Å². The molecule has 37 heavy (non-hydrogen) atoms. The minimum absolute atomic E-state index is 0.0880. The van der Waals surface area contributed by atoms with Crippen LogP contribution in [0.5, 0.6) is 0 Å². The van der Waals surface area contributed by atoms with Gasteiger partial charge in [0.15, 0.2) is 17.9 Å². The molecule has 196 valence electrons. The Balaban J connectivity index is 1.73. The Morgan fingerprint density at radius 3 is 2.59 bits per heavy atom. The van der Waals surface area contributed by atoms with Crippen LogP contribution in [0.1, 0.15) is 45.2 Å². The largest absolute Gasteiger partial charge is 0.443 e. The molecule has 0 N–H and O–H groups in total. The molecular formula is C25H27F3N6O3. The van der Waals surface area contributed by atoms with Crippen molar-refractivity contribution in [3.63, 3.8) is 0 Å². The summed E-state index contributed by atoms with van der Waals surface area (Å²) in [7, 11) is 0. The van der Waals surface area contributed by atoms with Crippen LogP contribution in [-0.4, -0.2) is 34.9 Å². The van der Waals surface area contributed by atoms with Gasteiger partial charge in [0.05, 0.1) is 29.3 Å². The van der Waals surface area contributed by atoms with E-state index in [1.165, 1.54) is 32.4 Å². The first-order chi connectivity index (χ1) is 17.4. The van der Waals surface area contributed by atoms with Gasteiger partial charge in [0.1, 0.15) is 12.2 Å². The third-order valence-electron chi connectivity index (χ3n) is 5.62. The standard InChI is InChI=1S/C25H27F3N6O3/c1-5-9-32-14-29-20-19(22(32)35)34(15-37-23(36)24(2,3)4)21(31-20)17-11-30-33(13-17)12-16-7-6-8-18(10-16)25(26,27)28/h6-8,10-11,13-14H,5,9,12,15H2,1-4H3. The summed E-state index contributed by atoms with van der Waals surface area (Å²) >= 11 is 0. The van der Waals surface area contributed by atoms with E-state index in [0.717, 1.165) is 18.6 Å². The molecule has 0 bridgehead atoms. The Labute approximate surface area is 210 Å². The van der Waals surface area contributed by atoms with Gasteiger partial charge in [-0.1, -0.05) is 19.1 Å². The van der Waals surface area contributed by atoms with Gasteiger partial charge in [-0.05, 0) is 44.9 Å². The van der Waals surface area contributed by atoms with Gasteiger partial charge in [-0.15, -0.1) is 0 Å². The zero-order valence-electron chi connectivity index (χ0n) is 20.9. The number of hydrogen-bond acceptors (Lipinski definition) is 6. The third-order valence-corrected chi connectivity index (χ3v) is 5.62. The number of hydrogen-bond donors (Lipinski definition) is 0. The van der Waals surface area contributed by atoms with Gasteiger partial charge >= 0.3 is 12.1 Å². The molecule has 9 nitrogen and oxygen atoms in total. The second-order valence-corrected chi connectivity index (χ2v) is 9.71. The second kappa shape index (κ2) is 9.83. The van der Waals surface area contributed by atoms with Gasteiger partial charge in [0, 0.05) is 12.7 Å². The number of aromatic nitrogens is 6. The molecule has 0 amide bonds. The average molecular weight is 517 g/mol. The molecule has 0 saturated heterocycles. The number of alkyl halides is 3. The number of fused-ring (bicyclic) bond motifs is 1. The Hall–Kier alpha value is -3.96. The van der Waals surface area contributed by atoms with Crippen molar-refractivity contribution in [3.8, 4) is 11.4 Å². The molecule has 3 aromatic heterocycles. The molecule has 0 aliphatic carbocycles. The predicted molar refractivity (Wildman–Crippen MR) is 129 cm³/mol. The van der Waals surface area contributed by atoms with Crippen LogP contribution in [0.4, 0.5) is 13.2 Å². The number of aryl methyl sites for hydroxylation is 1. The monoisotopic (exact) mass is 516 g/mol. The van der Waals surface area contributed by atoms with E-state index in [-0.39, 0.29) is 30.0 Å². The Morgan fingerprint density at radius 1 is 1.16 bits per heavy atom. The van der Waals surface area contributed by atoms with Crippen LogP contribution in [0, 0.1) is 5.41 Å². The number of carbonyl (C=O) groups excluding carboxylic acids is 1. The summed E-state index contributed by atoms with van der Waals surface area (Å²) in [5.41, 5.74) is -0.557. The van der Waals surface area contributed by atoms with Crippen LogP contribution in [0.25, 0.3) is 22.6 Å². The summed E-state index contributed by atoms with van der Waals surface area (Å²) in [6, 6.07) is 5.01. The lowest BCUT2D eigenvalue weighted by Gasteiger charge is -2.17. The van der Waals surface area contributed by atoms with Gasteiger partial charge in [0.25, 0.3) is 5.56 Å². The first-order valence-electron chi connectivity index (χ1n) is 11.7. The second-order valence-electron chi connectivity index (χ2n) is 9.71. The highest BCUT2D eigenvalue weighted by molar-refractivity contribution is 5.77. The third kappa shape index (κ3) is 5.57. The van der Waals surface area contributed by atoms with Gasteiger partial charge in [-0.2, -0.15) is 18.3 Å². The molecule has 0 aliphatic heterocycles. The Morgan fingerprint density at radius 2 is 1.92 bits per heavy atom.